The van der Waals surface area contributed by atoms with Crippen LogP contribution in [-0.2, 0) is 5.41 Å². The molecule has 0 saturated heterocycles. The van der Waals surface area contributed by atoms with Crippen LogP contribution < -0.4 is 19.1 Å². The van der Waals surface area contributed by atoms with Crippen molar-refractivity contribution in [2.75, 3.05) is 17.4 Å². The van der Waals surface area contributed by atoms with E-state index >= 15 is 0 Å². The summed E-state index contributed by atoms with van der Waals surface area (Å²) >= 11 is 1.88. The van der Waals surface area contributed by atoms with Gasteiger partial charge in [-0.05, 0) is 113 Å². The first-order chi connectivity index (χ1) is 28.8. The molecule has 11 rings (SSSR count). The Hall–Kier alpha value is -6.34. The Balaban J connectivity index is 1.02. The van der Waals surface area contributed by atoms with Gasteiger partial charge >= 0.3 is 0 Å². The van der Waals surface area contributed by atoms with Crippen LogP contribution in [0.1, 0.15) is 25.0 Å². The van der Waals surface area contributed by atoms with Gasteiger partial charge in [0.1, 0.15) is 5.75 Å². The lowest BCUT2D eigenvalue weighted by Gasteiger charge is -2.40. The number of fused-ring (bicyclic) bond motifs is 6. The number of anilines is 3. The molecule has 8 aromatic carbocycles. The van der Waals surface area contributed by atoms with Gasteiger partial charge in [0.25, 0.3) is 0 Å². The van der Waals surface area contributed by atoms with E-state index in [9.17, 15) is 0 Å². The minimum Gasteiger partial charge on any atom is -0.453 e. The number of para-hydroxylation sites is 5. The molecule has 0 spiro atoms. The number of hydrogen-bond donors (Lipinski definition) is 0. The van der Waals surface area contributed by atoms with Gasteiger partial charge < -0.3 is 19.1 Å². The molecule has 0 fully saturated rings. The quantitative estimate of drug-likeness (QED) is 0.173. The zero-order valence-electron chi connectivity index (χ0n) is 33.2. The predicted octanol–water partition coefficient (Wildman–Crippen LogP) is 15.8. The second-order valence-corrected chi connectivity index (χ2v) is 20.7. The van der Waals surface area contributed by atoms with Crippen molar-refractivity contribution < 1.29 is 14.2 Å². The summed E-state index contributed by atoms with van der Waals surface area (Å²) in [5.41, 5.74) is 10.1. The van der Waals surface area contributed by atoms with Crippen molar-refractivity contribution in [3.8, 4) is 56.8 Å². The van der Waals surface area contributed by atoms with E-state index in [2.05, 4.69) is 171 Å². The van der Waals surface area contributed by atoms with E-state index in [1.165, 1.54) is 41.8 Å². The molecule has 288 valence electrons. The highest BCUT2D eigenvalue weighted by Gasteiger charge is 2.35. The van der Waals surface area contributed by atoms with Crippen molar-refractivity contribution in [2.24, 2.45) is 0 Å². The van der Waals surface area contributed by atoms with Crippen LogP contribution in [0, 0.1) is 0 Å². The highest BCUT2D eigenvalue weighted by Crippen LogP contribution is 2.68. The second-order valence-electron chi connectivity index (χ2n) is 16.1. The summed E-state index contributed by atoms with van der Waals surface area (Å²) in [5, 5.41) is 0. The van der Waals surface area contributed by atoms with Crippen LogP contribution >= 0.6 is 21.8 Å². The van der Waals surface area contributed by atoms with Gasteiger partial charge in [-0.2, -0.15) is 10.0 Å². The molecule has 59 heavy (non-hydrogen) atoms. The average molecular weight is 804 g/mol. The second kappa shape index (κ2) is 13.6. The maximum absolute atomic E-state index is 6.90. The van der Waals surface area contributed by atoms with Crippen LogP contribution in [0.25, 0.3) is 22.3 Å². The lowest BCUT2D eigenvalue weighted by Crippen LogP contribution is -2.23. The topological polar surface area (TPSA) is 30.9 Å². The third-order valence-corrected chi connectivity index (χ3v) is 16.0. The Bertz CT molecular complexity index is 2950. The first-order valence-corrected chi connectivity index (χ1v) is 23.2. The van der Waals surface area contributed by atoms with Crippen molar-refractivity contribution in [1.29, 1.82) is 0 Å². The number of rotatable bonds is 5. The van der Waals surface area contributed by atoms with Gasteiger partial charge in [-0.1, -0.05) is 129 Å². The predicted molar refractivity (Wildman–Crippen MR) is 244 cm³/mol. The van der Waals surface area contributed by atoms with Crippen molar-refractivity contribution in [3.05, 3.63) is 187 Å². The average Bonchev–Trinajstić information content (AvgIpc) is 3.26. The molecule has 4 nitrogen and oxygen atoms in total. The standard InChI is InChI=1S/C53H41NO3S2/c1-53(2)40-16-5-9-23-47(40)58-52-39(15-11-17-41(52)53)35-28-32-37(33-29-35)54(42-18-13-25-49-51(42)57-45-21-8-10-24-48(45)59(49,3)4)36-30-26-34(27-31-36)38-14-12-22-46-50(38)56-44-20-7-6-19-43(44)55-46/h5-33H,1-4H3. The van der Waals surface area contributed by atoms with E-state index < -0.39 is 10.0 Å². The van der Waals surface area contributed by atoms with E-state index in [0.717, 1.165) is 45.4 Å². The summed E-state index contributed by atoms with van der Waals surface area (Å²) in [4.78, 5) is 7.48. The Morgan fingerprint density at radius 2 is 1.00 bits per heavy atom. The van der Waals surface area contributed by atoms with E-state index in [0.29, 0.717) is 17.2 Å². The van der Waals surface area contributed by atoms with Crippen molar-refractivity contribution in [3.63, 3.8) is 0 Å². The highest BCUT2D eigenvalue weighted by atomic mass is 32.3. The van der Waals surface area contributed by atoms with E-state index in [4.69, 9.17) is 14.2 Å². The Labute approximate surface area is 351 Å². The Morgan fingerprint density at radius 1 is 0.458 bits per heavy atom. The maximum Gasteiger partial charge on any atom is 0.177 e. The van der Waals surface area contributed by atoms with Crippen LogP contribution in [-0.4, -0.2) is 12.5 Å². The summed E-state index contributed by atoms with van der Waals surface area (Å²) < 4.78 is 19.6. The van der Waals surface area contributed by atoms with Crippen LogP contribution in [0.2, 0.25) is 0 Å². The fourth-order valence-electron chi connectivity index (χ4n) is 8.85. The van der Waals surface area contributed by atoms with E-state index in [1.807, 2.05) is 48.2 Å². The van der Waals surface area contributed by atoms with Gasteiger partial charge in [0.15, 0.2) is 28.7 Å². The molecular weight excluding hydrogens is 763 g/mol. The first-order valence-electron chi connectivity index (χ1n) is 19.9. The fraction of sp³-hybridized carbons (Fsp3) is 0.0943. The van der Waals surface area contributed by atoms with Gasteiger partial charge in [0.05, 0.1) is 5.69 Å². The summed E-state index contributed by atoms with van der Waals surface area (Å²) in [6.07, 6.45) is 4.74. The first kappa shape index (κ1) is 35.8. The molecule has 0 aliphatic carbocycles. The number of benzene rings is 8. The molecule has 8 aromatic rings. The molecule has 0 radical (unpaired) electrons. The maximum atomic E-state index is 6.90. The summed E-state index contributed by atoms with van der Waals surface area (Å²) in [7, 11) is -1.36. The molecule has 0 unspecified atom stereocenters. The fourth-order valence-corrected chi connectivity index (χ4v) is 12.7. The van der Waals surface area contributed by atoms with Crippen molar-refractivity contribution >= 4 is 38.9 Å². The molecule has 0 aromatic heterocycles. The zero-order chi connectivity index (χ0) is 39.9. The molecule has 0 atom stereocenters. The van der Waals surface area contributed by atoms with Crippen LogP contribution in [0.4, 0.5) is 17.1 Å². The van der Waals surface area contributed by atoms with E-state index in [-0.39, 0.29) is 5.41 Å². The lowest BCUT2D eigenvalue weighted by molar-refractivity contribution is 0.361. The number of nitrogens with zero attached hydrogens (tertiary/aromatic N) is 1. The van der Waals surface area contributed by atoms with Crippen molar-refractivity contribution in [1.82, 2.24) is 0 Å². The van der Waals surface area contributed by atoms with Gasteiger partial charge in [-0.3, -0.25) is 0 Å². The molecule has 3 aliphatic rings. The molecule has 0 bridgehead atoms. The molecule has 3 heterocycles. The monoisotopic (exact) mass is 803 g/mol. The SMILES string of the molecule is CC1(C)c2ccccc2Sc2c(-c3ccc(N(c4ccc(-c5cccc6c5Oc5ccccc5O6)cc4)c4cccc5c4Oc4ccccc4S5(C)C)cc3)cccc21. The third-order valence-electron chi connectivity index (χ3n) is 12.0. The summed E-state index contributed by atoms with van der Waals surface area (Å²) in [5.74, 6) is 4.67. The molecule has 3 aliphatic heterocycles. The van der Waals surface area contributed by atoms with Crippen LogP contribution in [0.5, 0.6) is 34.5 Å². The Morgan fingerprint density at radius 3 is 1.76 bits per heavy atom. The Kier molecular flexibility index (Phi) is 8.26. The molecule has 0 saturated carbocycles. The molecule has 0 N–H and O–H groups in total. The number of ether oxygens (including phenoxy) is 3. The van der Waals surface area contributed by atoms with Crippen LogP contribution in [0.15, 0.2) is 196 Å². The largest absolute Gasteiger partial charge is 0.453 e. The minimum atomic E-state index is -1.36. The smallest absolute Gasteiger partial charge is 0.177 e. The van der Waals surface area contributed by atoms with Gasteiger partial charge in [-0.25, -0.2) is 0 Å². The van der Waals surface area contributed by atoms with Crippen molar-refractivity contribution in [2.45, 2.75) is 38.8 Å². The summed E-state index contributed by atoms with van der Waals surface area (Å²) in [6.45, 7) is 4.69. The molecular formula is C53H41NO3S2. The van der Waals surface area contributed by atoms with Gasteiger partial charge in [0.2, 0.25) is 0 Å². The normalized spacial score (nSPS) is 15.3. The number of hydrogen-bond acceptors (Lipinski definition) is 5. The minimum absolute atomic E-state index is 0.0977. The zero-order valence-corrected chi connectivity index (χ0v) is 34.9. The molecule has 6 heteroatoms. The summed E-state index contributed by atoms with van der Waals surface area (Å²) in [6, 6.07) is 62.3. The van der Waals surface area contributed by atoms with E-state index in [1.54, 1.807) is 0 Å². The third kappa shape index (κ3) is 5.76. The highest BCUT2D eigenvalue weighted by molar-refractivity contribution is 8.32. The van der Waals surface area contributed by atoms with Gasteiger partial charge in [-0.15, -0.1) is 0 Å². The molecule has 0 amide bonds. The lowest BCUT2D eigenvalue weighted by atomic mass is 9.77. The van der Waals surface area contributed by atoms with Crippen LogP contribution in [0.3, 0.4) is 0 Å². The van der Waals surface area contributed by atoms with Gasteiger partial charge in [0, 0.05) is 41.9 Å².